The van der Waals surface area contributed by atoms with E-state index in [9.17, 15) is 9.59 Å². The van der Waals surface area contributed by atoms with Crippen LogP contribution in [0.1, 0.15) is 18.5 Å². The number of hydrogen-bond donors (Lipinski definition) is 4. The molecule has 0 spiro atoms. The maximum absolute atomic E-state index is 9.64. The number of aliphatic carboxylic acids is 2. The average Bonchev–Trinajstić information content (AvgIpc) is 2.54. The fourth-order valence-corrected chi connectivity index (χ4v) is 2.29. The molecule has 1 aromatic rings. The molecule has 0 radical (unpaired) electrons. The smallest absolute Gasteiger partial charge is 0.303 e. The molecule has 0 saturated heterocycles. The first-order chi connectivity index (χ1) is 11.3. The van der Waals surface area contributed by atoms with E-state index in [-0.39, 0.29) is 19.0 Å². The third kappa shape index (κ3) is 6.26. The lowest BCUT2D eigenvalue weighted by Crippen LogP contribution is -2.43. The van der Waals surface area contributed by atoms with E-state index in [0.717, 1.165) is 5.69 Å². The normalized spacial score (nSPS) is 16.4. The van der Waals surface area contributed by atoms with E-state index in [1.165, 1.54) is 11.9 Å². The van der Waals surface area contributed by atoms with Gasteiger partial charge in [0.15, 0.2) is 5.84 Å². The molecular formula is C14H19N5O4S. The quantitative estimate of drug-likeness (QED) is 0.552. The second-order valence-electron chi connectivity index (χ2n) is 4.53. The van der Waals surface area contributed by atoms with Gasteiger partial charge in [0.25, 0.3) is 0 Å². The topological polar surface area (TPSA) is 155 Å². The monoisotopic (exact) mass is 353 g/mol. The molecule has 1 aliphatic rings. The molecule has 9 nitrogen and oxygen atoms in total. The van der Waals surface area contributed by atoms with E-state index in [2.05, 4.69) is 9.98 Å². The molecule has 1 unspecified atom stereocenters. The van der Waals surface area contributed by atoms with Crippen molar-refractivity contribution in [3.63, 3.8) is 0 Å². The summed E-state index contributed by atoms with van der Waals surface area (Å²) in [7, 11) is 0. The Hall–Kier alpha value is -2.59. The summed E-state index contributed by atoms with van der Waals surface area (Å²) in [5.41, 5.74) is 12.4. The number of nitrogens with two attached hydrogens (primary N) is 2. The summed E-state index contributed by atoms with van der Waals surface area (Å²) < 4.78 is 1.87. The first-order valence-electron chi connectivity index (χ1n) is 6.85. The number of pyridine rings is 1. The molecule has 1 aromatic heterocycles. The lowest BCUT2D eigenvalue weighted by atomic mass is 10.3. The van der Waals surface area contributed by atoms with Crippen molar-refractivity contribution in [2.75, 3.05) is 6.26 Å². The van der Waals surface area contributed by atoms with E-state index in [4.69, 9.17) is 21.7 Å². The summed E-state index contributed by atoms with van der Waals surface area (Å²) in [4.78, 5) is 27.8. The molecule has 0 saturated carbocycles. The Balaban J connectivity index is 0.000000307. The van der Waals surface area contributed by atoms with E-state index >= 15 is 0 Å². The molecule has 1 atom stereocenters. The van der Waals surface area contributed by atoms with Crippen LogP contribution in [0.3, 0.4) is 0 Å². The summed E-state index contributed by atoms with van der Waals surface area (Å²) >= 11 is 1.50. The van der Waals surface area contributed by atoms with Gasteiger partial charge >= 0.3 is 11.9 Å². The van der Waals surface area contributed by atoms with Crippen molar-refractivity contribution in [3.8, 4) is 0 Å². The highest BCUT2D eigenvalue weighted by molar-refractivity contribution is 7.96. The summed E-state index contributed by atoms with van der Waals surface area (Å²) in [5.74, 6) is -1.03. The molecule has 10 heteroatoms. The maximum atomic E-state index is 9.64. The molecule has 2 heterocycles. The second-order valence-corrected chi connectivity index (χ2v) is 5.29. The van der Waals surface area contributed by atoms with Gasteiger partial charge in [-0.15, -0.1) is 0 Å². The zero-order valence-electron chi connectivity index (χ0n) is 13.0. The van der Waals surface area contributed by atoms with Crippen LogP contribution in [0.2, 0.25) is 0 Å². The molecule has 0 aliphatic carbocycles. The second kappa shape index (κ2) is 9.53. The Morgan fingerprint density at radius 2 is 1.92 bits per heavy atom. The van der Waals surface area contributed by atoms with Crippen LogP contribution < -0.4 is 11.5 Å². The van der Waals surface area contributed by atoms with Crippen LogP contribution in [-0.2, 0) is 9.59 Å². The molecule has 0 fully saturated rings. The van der Waals surface area contributed by atoms with Gasteiger partial charge in [0.05, 0.1) is 12.8 Å². The number of carboxylic acid groups (broad SMARTS) is 2. The Labute approximate surface area is 143 Å². The number of carboxylic acids is 2. The minimum Gasteiger partial charge on any atom is -0.481 e. The molecule has 130 valence electrons. The van der Waals surface area contributed by atoms with Gasteiger partial charge in [0.2, 0.25) is 0 Å². The van der Waals surface area contributed by atoms with Gasteiger partial charge in [-0.1, -0.05) is 18.0 Å². The predicted molar refractivity (Wildman–Crippen MR) is 90.9 cm³/mol. The molecule has 1 aliphatic heterocycles. The molecular weight excluding hydrogens is 334 g/mol. The van der Waals surface area contributed by atoms with Gasteiger partial charge in [-0.05, 0) is 18.2 Å². The van der Waals surface area contributed by atoms with Crippen LogP contribution in [0.4, 0.5) is 0 Å². The van der Waals surface area contributed by atoms with Gasteiger partial charge in [0, 0.05) is 12.5 Å². The summed E-state index contributed by atoms with van der Waals surface area (Å²) in [6, 6.07) is 5.65. The molecule has 2 rings (SSSR count). The number of carbonyl (C=O) groups is 2. The Bertz CT molecular complexity index is 621. The number of rotatable bonds is 5. The van der Waals surface area contributed by atoms with Crippen LogP contribution in [0, 0.1) is 0 Å². The first-order valence-corrected chi connectivity index (χ1v) is 8.03. The Kier molecular flexibility index (Phi) is 7.72. The fraction of sp³-hybridized carbons (Fsp3) is 0.286. The van der Waals surface area contributed by atoms with Gasteiger partial charge < -0.3 is 21.7 Å². The zero-order valence-corrected chi connectivity index (χ0v) is 13.8. The highest BCUT2D eigenvalue weighted by Gasteiger charge is 2.23. The largest absolute Gasteiger partial charge is 0.481 e. The zero-order chi connectivity index (χ0) is 18.1. The summed E-state index contributed by atoms with van der Waals surface area (Å²) in [6.07, 6.45) is 4.50. The highest BCUT2D eigenvalue weighted by Crippen LogP contribution is 2.19. The van der Waals surface area contributed by atoms with E-state index in [0.29, 0.717) is 11.7 Å². The average molecular weight is 353 g/mol. The number of nitrogens with zero attached hydrogens (tertiary/aromatic N) is 3. The van der Waals surface area contributed by atoms with Crippen molar-refractivity contribution in [1.29, 1.82) is 0 Å². The number of aliphatic imine (C=N–C) groups is 1. The number of hydrogen-bond acceptors (Lipinski definition) is 8. The molecule has 0 aromatic carbocycles. The van der Waals surface area contributed by atoms with Crippen LogP contribution in [0.25, 0.3) is 0 Å². The minimum atomic E-state index is -1.08. The van der Waals surface area contributed by atoms with Crippen LogP contribution in [-0.4, -0.2) is 49.7 Å². The predicted octanol–water partition coefficient (Wildman–Crippen LogP) is 0.443. The van der Waals surface area contributed by atoms with Gasteiger partial charge in [-0.25, -0.2) is 4.99 Å². The van der Waals surface area contributed by atoms with E-state index in [1.54, 1.807) is 12.3 Å². The molecule has 6 N–H and O–H groups in total. The number of aromatic nitrogens is 1. The van der Waals surface area contributed by atoms with E-state index in [1.807, 2.05) is 28.8 Å². The standard InChI is InChI=1S/C10H13N5S.C4H6O4/c1-16-15-9(12)6-8(11)14-10(15)7-4-2-3-5-13-7;5-3(6)1-2-4(7)8/h2-6,9H,11-12H2,1H3;1-2H2,(H,5,6)(H,7,8). The lowest BCUT2D eigenvalue weighted by molar-refractivity contribution is -0.143. The third-order valence-corrected chi connectivity index (χ3v) is 3.51. The summed E-state index contributed by atoms with van der Waals surface area (Å²) in [6.45, 7) is 0. The van der Waals surface area contributed by atoms with Crippen molar-refractivity contribution in [3.05, 3.63) is 42.0 Å². The van der Waals surface area contributed by atoms with Crippen molar-refractivity contribution in [1.82, 2.24) is 9.29 Å². The highest BCUT2D eigenvalue weighted by atomic mass is 32.2. The lowest BCUT2D eigenvalue weighted by Gasteiger charge is -2.29. The third-order valence-electron chi connectivity index (χ3n) is 2.70. The molecule has 0 amide bonds. The van der Waals surface area contributed by atoms with Crippen molar-refractivity contribution >= 4 is 29.7 Å². The Morgan fingerprint density at radius 3 is 2.38 bits per heavy atom. The fourth-order valence-electron chi connectivity index (χ4n) is 1.68. The van der Waals surface area contributed by atoms with E-state index < -0.39 is 11.9 Å². The van der Waals surface area contributed by atoms with Crippen molar-refractivity contribution in [2.24, 2.45) is 16.5 Å². The first kappa shape index (κ1) is 19.5. The van der Waals surface area contributed by atoms with Gasteiger partial charge in [-0.2, -0.15) is 0 Å². The van der Waals surface area contributed by atoms with Crippen LogP contribution in [0.15, 0.2) is 41.3 Å². The SMILES string of the molecule is CSN1C(c2ccccn2)=NC(N)=CC1N.O=C(O)CCC(=O)O. The maximum Gasteiger partial charge on any atom is 0.303 e. The number of amidine groups is 1. The minimum absolute atomic E-state index is 0.274. The summed E-state index contributed by atoms with van der Waals surface area (Å²) in [5, 5.41) is 15.8. The van der Waals surface area contributed by atoms with Gasteiger partial charge in [0.1, 0.15) is 17.7 Å². The van der Waals surface area contributed by atoms with Gasteiger partial charge in [-0.3, -0.25) is 18.9 Å². The van der Waals surface area contributed by atoms with Crippen molar-refractivity contribution in [2.45, 2.75) is 19.0 Å². The van der Waals surface area contributed by atoms with Crippen molar-refractivity contribution < 1.29 is 19.8 Å². The Morgan fingerprint density at radius 1 is 1.29 bits per heavy atom. The molecule has 24 heavy (non-hydrogen) atoms. The molecule has 0 bridgehead atoms. The van der Waals surface area contributed by atoms with Crippen LogP contribution in [0.5, 0.6) is 0 Å². The van der Waals surface area contributed by atoms with Crippen LogP contribution >= 0.6 is 11.9 Å².